The van der Waals surface area contributed by atoms with Gasteiger partial charge in [-0.3, -0.25) is 4.79 Å². The van der Waals surface area contributed by atoms with Crippen LogP contribution in [-0.2, 0) is 9.53 Å². The van der Waals surface area contributed by atoms with Crippen LogP contribution in [0.25, 0.3) is 0 Å². The second-order valence-corrected chi connectivity index (χ2v) is 8.73. The first kappa shape index (κ1) is 12.0. The van der Waals surface area contributed by atoms with E-state index >= 15 is 0 Å². The molecule has 4 atom stereocenters. The van der Waals surface area contributed by atoms with Crippen LogP contribution >= 0.6 is 20.7 Å². The van der Waals surface area contributed by atoms with E-state index in [1.165, 1.54) is 14.8 Å². The van der Waals surface area contributed by atoms with Crippen LogP contribution < -0.4 is 0 Å². The average Bonchev–Trinajstić information content (AvgIpc) is 2.79. The fourth-order valence-electron chi connectivity index (χ4n) is 4.82. The molecule has 0 N–H and O–H groups in total. The van der Waals surface area contributed by atoms with E-state index in [0.717, 1.165) is 19.4 Å². The van der Waals surface area contributed by atoms with Gasteiger partial charge in [-0.2, -0.15) is 0 Å². The zero-order chi connectivity index (χ0) is 13.5. The number of likely N-dealkylation sites (tertiary alicyclic amines) is 1. The van der Waals surface area contributed by atoms with E-state index in [1.54, 1.807) is 6.08 Å². The smallest absolute Gasteiger partial charge is 0.185 e. The highest BCUT2D eigenvalue weighted by Crippen LogP contribution is 2.62. The summed E-state index contributed by atoms with van der Waals surface area (Å²) in [7, 11) is 2.22. The molecule has 2 fully saturated rings. The van der Waals surface area contributed by atoms with Gasteiger partial charge in [-0.15, -0.1) is 0 Å². The number of ether oxygens (including phenoxy) is 1. The fourth-order valence-corrected chi connectivity index (χ4v) is 7.32. The molecule has 2 saturated heterocycles. The Morgan fingerprint density at radius 2 is 2.35 bits per heavy atom. The summed E-state index contributed by atoms with van der Waals surface area (Å²) in [5.74, 6) is 0.639. The summed E-state index contributed by atoms with van der Waals surface area (Å²) in [6.07, 6.45) is 8.24. The minimum atomic E-state index is -0.228. The maximum atomic E-state index is 12.4. The molecule has 0 radical (unpaired) electrons. The number of hydrogen-bond acceptors (Lipinski definition) is 3. The minimum Gasteiger partial charge on any atom is -0.327 e. The van der Waals surface area contributed by atoms with Crippen molar-refractivity contribution in [2.75, 3.05) is 13.6 Å². The monoisotopic (exact) mass is 381 g/mol. The third kappa shape index (κ3) is 1.20. The fraction of sp³-hybridized carbons (Fsp3) is 0.500. The number of hydrogen-bond donors (Lipinski definition) is 0. The molecule has 0 amide bonds. The van der Waals surface area contributed by atoms with Crippen LogP contribution in [0.2, 0.25) is 0 Å². The van der Waals surface area contributed by atoms with Crippen LogP contribution in [0.1, 0.15) is 12.8 Å². The van der Waals surface area contributed by atoms with Gasteiger partial charge in [0, 0.05) is 22.9 Å². The van der Waals surface area contributed by atoms with Gasteiger partial charge in [0.1, 0.15) is 9.80 Å². The van der Waals surface area contributed by atoms with Gasteiger partial charge in [0.25, 0.3) is 0 Å². The summed E-state index contributed by atoms with van der Waals surface area (Å²) in [5, 5.41) is 0. The molecule has 5 rings (SSSR count). The van der Waals surface area contributed by atoms with Crippen molar-refractivity contribution in [2.24, 2.45) is 11.3 Å². The Hall–Kier alpha value is -0.590. The van der Waals surface area contributed by atoms with Crippen molar-refractivity contribution in [3.63, 3.8) is 0 Å². The summed E-state index contributed by atoms with van der Waals surface area (Å²) < 4.78 is 9.70. The van der Waals surface area contributed by atoms with E-state index in [9.17, 15) is 4.79 Å². The van der Waals surface area contributed by atoms with Crippen molar-refractivity contribution >= 4 is 30.2 Å². The summed E-state index contributed by atoms with van der Waals surface area (Å²) in [5.41, 5.74) is 2.87. The molecule has 3 heterocycles. The first-order chi connectivity index (χ1) is 9.72. The van der Waals surface area contributed by atoms with Gasteiger partial charge in [0.2, 0.25) is 0 Å². The zero-order valence-electron chi connectivity index (χ0n) is 11.3. The van der Waals surface area contributed by atoms with Crippen LogP contribution in [0.15, 0.2) is 33.5 Å². The molecule has 5 aliphatic rings. The van der Waals surface area contributed by atoms with Gasteiger partial charge in [0.15, 0.2) is 5.78 Å². The lowest BCUT2D eigenvalue weighted by atomic mass is 9.54. The molecule has 1 spiro atoms. The van der Waals surface area contributed by atoms with Crippen LogP contribution in [0.4, 0.5) is 0 Å². The minimum absolute atomic E-state index is 0.0313. The van der Waals surface area contributed by atoms with Crippen LogP contribution in [0.3, 0.4) is 0 Å². The van der Waals surface area contributed by atoms with Crippen LogP contribution in [-0.4, -0.2) is 40.1 Å². The van der Waals surface area contributed by atoms with Crippen molar-refractivity contribution in [1.29, 1.82) is 0 Å². The Kier molecular flexibility index (Phi) is 2.27. The van der Waals surface area contributed by atoms with Gasteiger partial charge in [-0.1, -0.05) is 32.9 Å². The average molecular weight is 381 g/mol. The topological polar surface area (TPSA) is 29.5 Å². The Morgan fingerprint density at radius 3 is 3.25 bits per heavy atom. The van der Waals surface area contributed by atoms with Gasteiger partial charge < -0.3 is 9.64 Å². The number of carbonyl (C=O) groups excluding carboxylic acids is 1. The summed E-state index contributed by atoms with van der Waals surface area (Å²) >= 11 is -0.178. The van der Waals surface area contributed by atoms with E-state index in [0.29, 0.717) is 12.0 Å². The van der Waals surface area contributed by atoms with Gasteiger partial charge in [0.05, 0.1) is 0 Å². The quantitative estimate of drug-likeness (QED) is 0.603. The highest BCUT2D eigenvalue weighted by Gasteiger charge is 2.64. The summed E-state index contributed by atoms with van der Waals surface area (Å²) in [4.78, 5) is 14.9. The van der Waals surface area contributed by atoms with Crippen molar-refractivity contribution in [3.05, 3.63) is 33.5 Å². The van der Waals surface area contributed by atoms with Crippen LogP contribution in [0, 0.1) is 11.3 Å². The second-order valence-electron chi connectivity index (χ2n) is 6.40. The predicted octanol–water partition coefficient (Wildman–Crippen LogP) is 2.16. The Labute approximate surface area is 128 Å². The van der Waals surface area contributed by atoms with Gasteiger partial charge in [-0.05, 0) is 42.2 Å². The van der Waals surface area contributed by atoms with Gasteiger partial charge >= 0.3 is 0 Å². The highest BCUT2D eigenvalue weighted by atomic mass is 127. The molecule has 2 bridgehead atoms. The lowest BCUT2D eigenvalue weighted by molar-refractivity contribution is -0.130. The first-order valence-corrected chi connectivity index (χ1v) is 9.54. The normalized spacial score (nSPS) is 45.1. The maximum Gasteiger partial charge on any atom is 0.185 e. The molecule has 3 nitrogen and oxygen atoms in total. The molecular weight excluding hydrogens is 365 g/mol. The largest absolute Gasteiger partial charge is 0.327 e. The Morgan fingerprint density at radius 1 is 1.45 bits per heavy atom. The molecule has 0 saturated carbocycles. The third-order valence-electron chi connectivity index (χ3n) is 5.71. The molecule has 0 aromatic heterocycles. The number of piperidine rings is 1. The zero-order valence-corrected chi connectivity index (χ0v) is 13.5. The van der Waals surface area contributed by atoms with Crippen LogP contribution in [0.5, 0.6) is 0 Å². The lowest BCUT2D eigenvalue weighted by Crippen LogP contribution is -2.60. The molecular formula is C16H16INO2. The summed E-state index contributed by atoms with van der Waals surface area (Å²) in [6, 6.07) is 0.526. The number of ketones is 1. The molecule has 0 aromatic rings. The van der Waals surface area contributed by atoms with Crippen molar-refractivity contribution in [1.82, 2.24) is 4.90 Å². The van der Waals surface area contributed by atoms with E-state index in [4.69, 9.17) is 4.74 Å². The summed E-state index contributed by atoms with van der Waals surface area (Å²) in [6.45, 7) is 1.08. The number of carbonyl (C=O) groups is 1. The van der Waals surface area contributed by atoms with E-state index in [-0.39, 0.29) is 38.0 Å². The first-order valence-electron chi connectivity index (χ1n) is 7.21. The number of nitrogens with zero attached hydrogens (tertiary/aromatic N) is 1. The Balaban J connectivity index is 1.84. The van der Waals surface area contributed by atoms with Gasteiger partial charge in [-0.25, -0.2) is 0 Å². The van der Waals surface area contributed by atoms with E-state index < -0.39 is 0 Å². The molecule has 20 heavy (non-hydrogen) atoms. The lowest BCUT2D eigenvalue weighted by Gasteiger charge is -2.55. The molecule has 0 aromatic carbocycles. The maximum absolute atomic E-state index is 12.4. The van der Waals surface area contributed by atoms with Crippen molar-refractivity contribution < 1.29 is 9.53 Å². The molecule has 2 aliphatic carbocycles. The van der Waals surface area contributed by atoms with E-state index in [2.05, 4.69) is 28.2 Å². The van der Waals surface area contributed by atoms with Crippen molar-refractivity contribution in [3.8, 4) is 0 Å². The number of allylic oxidation sites excluding steroid dienone is 1. The molecule has 0 unspecified atom stereocenters. The Bertz CT molecular complexity index is 659. The second kappa shape index (κ2) is 3.78. The number of halogens is 1. The van der Waals surface area contributed by atoms with Crippen molar-refractivity contribution in [2.45, 2.75) is 25.0 Å². The number of rotatable bonds is 0. The molecule has 3 aliphatic heterocycles. The SMILES string of the molecule is CN1CC[C@]23C4=C5C=CI=C4O[C@H]2C(=O)C=C[C@H]3[C@H]1C5. The van der Waals surface area contributed by atoms with E-state index in [1.807, 2.05) is 0 Å². The standard InChI is InChI=1S/C16H16INO2/c1-18-7-5-16-10-2-3-12(19)14(16)20-15-13(16)9(4-6-17-15)8-11(10)18/h2-4,6,10-11,14H,5,7-8H2,1H3/t10-,11+,14-,16-/m0/s1. The highest BCUT2D eigenvalue weighted by molar-refractivity contribution is 14.2. The predicted molar refractivity (Wildman–Crippen MR) is 85.8 cm³/mol. The molecule has 4 heteroatoms. The molecule has 104 valence electrons. The third-order valence-corrected chi connectivity index (χ3v) is 7.79.